The van der Waals surface area contributed by atoms with Crippen LogP contribution in [-0.4, -0.2) is 16.9 Å². The van der Waals surface area contributed by atoms with Crippen molar-refractivity contribution in [1.29, 1.82) is 0 Å². The average molecular weight is 425 g/mol. The zero-order chi connectivity index (χ0) is 22.7. The van der Waals surface area contributed by atoms with Crippen LogP contribution in [0.3, 0.4) is 0 Å². The summed E-state index contributed by atoms with van der Waals surface area (Å²) >= 11 is 0. The molecule has 0 spiro atoms. The molecule has 1 atom stereocenters. The number of ketones is 1. The van der Waals surface area contributed by atoms with Crippen LogP contribution < -0.4 is 16.0 Å². The van der Waals surface area contributed by atoms with E-state index in [9.17, 15) is 9.90 Å². The molecule has 0 bridgehead atoms. The van der Waals surface area contributed by atoms with Crippen molar-refractivity contribution in [2.24, 2.45) is 12.8 Å². The van der Waals surface area contributed by atoms with E-state index >= 15 is 0 Å². The Morgan fingerprint density at radius 3 is 2.41 bits per heavy atom. The standard InChI is InChI=1S/C27H25N3O2/c1-30-25-5-3-2-4-23(25)20(11-6-18-7-12-21(28)13-8-18)17-26(30)27(32)24(29)16-19-9-14-22(31)15-10-19/h2-15,17,24,28,31H,16,29H2,1H3/p+1. The number of nitrogens with zero attached hydrogens (tertiary/aromatic N) is 1. The maximum Gasteiger partial charge on any atom is 0.251 e. The number of rotatable bonds is 6. The lowest BCUT2D eigenvalue weighted by Crippen LogP contribution is -2.43. The Bertz CT molecular complexity index is 1290. The Hall–Kier alpha value is -3.96. The minimum Gasteiger partial charge on any atom is -0.508 e. The molecule has 0 saturated heterocycles. The van der Waals surface area contributed by atoms with E-state index in [1.165, 1.54) is 0 Å². The second-order valence-electron chi connectivity index (χ2n) is 7.90. The minimum atomic E-state index is -0.694. The third-order valence-electron chi connectivity index (χ3n) is 5.60. The Labute approximate surface area is 187 Å². The van der Waals surface area contributed by atoms with Gasteiger partial charge in [-0.05, 0) is 53.4 Å². The predicted molar refractivity (Wildman–Crippen MR) is 129 cm³/mol. The molecule has 1 heterocycles. The summed E-state index contributed by atoms with van der Waals surface area (Å²) in [5.41, 5.74) is 17.2. The number of hydrogen-bond acceptors (Lipinski definition) is 4. The average Bonchev–Trinajstić information content (AvgIpc) is 2.81. The minimum absolute atomic E-state index is 0.131. The third-order valence-corrected chi connectivity index (χ3v) is 5.60. The maximum atomic E-state index is 13.3. The normalized spacial score (nSPS) is 12.3. The Morgan fingerprint density at radius 1 is 1.00 bits per heavy atom. The highest BCUT2D eigenvalue weighted by atomic mass is 16.3. The highest BCUT2D eigenvalue weighted by Crippen LogP contribution is 2.21. The van der Waals surface area contributed by atoms with Gasteiger partial charge in [-0.2, -0.15) is 4.57 Å². The molecule has 0 aliphatic rings. The molecule has 5 heteroatoms. The SMILES string of the molecule is C[n+]1c(C(=O)C(N)Cc2ccc(O)cc2)cc(C=Cc2ccc(N)cc2)c2ccccc21. The number of hydrogen-bond donors (Lipinski definition) is 3. The Morgan fingerprint density at radius 2 is 1.69 bits per heavy atom. The van der Waals surface area contributed by atoms with Crippen LogP contribution in [0.25, 0.3) is 23.1 Å². The third kappa shape index (κ3) is 4.53. The molecule has 1 aromatic heterocycles. The van der Waals surface area contributed by atoms with E-state index in [0.717, 1.165) is 33.3 Å². The number of Topliss-reactive ketones (excluding diaryl/α,β-unsaturated/α-hetero) is 1. The van der Waals surface area contributed by atoms with E-state index in [-0.39, 0.29) is 11.5 Å². The number of aryl methyl sites for hydroxylation is 1. The lowest BCUT2D eigenvalue weighted by molar-refractivity contribution is -0.647. The van der Waals surface area contributed by atoms with Gasteiger partial charge in [-0.3, -0.25) is 4.79 Å². The lowest BCUT2D eigenvalue weighted by Gasteiger charge is -2.12. The van der Waals surface area contributed by atoms with Crippen LogP contribution in [0.1, 0.15) is 27.2 Å². The first-order valence-corrected chi connectivity index (χ1v) is 10.5. The fourth-order valence-corrected chi connectivity index (χ4v) is 3.80. The number of para-hydroxylation sites is 1. The molecule has 0 fully saturated rings. The van der Waals surface area contributed by atoms with Gasteiger partial charge >= 0.3 is 0 Å². The van der Waals surface area contributed by atoms with Crippen LogP contribution in [0, 0.1) is 0 Å². The van der Waals surface area contributed by atoms with Gasteiger partial charge in [-0.25, -0.2) is 0 Å². The number of nitrogens with two attached hydrogens (primary N) is 2. The molecule has 5 nitrogen and oxygen atoms in total. The quantitative estimate of drug-likeness (QED) is 0.249. The fourth-order valence-electron chi connectivity index (χ4n) is 3.80. The number of nitrogen functional groups attached to an aromatic ring is 1. The molecule has 0 saturated carbocycles. The first-order valence-electron chi connectivity index (χ1n) is 10.5. The number of aromatic nitrogens is 1. The fraction of sp³-hybridized carbons (Fsp3) is 0.111. The van der Waals surface area contributed by atoms with Gasteiger partial charge in [0.2, 0.25) is 11.3 Å². The number of aromatic hydroxyl groups is 1. The van der Waals surface area contributed by atoms with Crippen molar-refractivity contribution in [2.75, 3.05) is 5.73 Å². The summed E-state index contributed by atoms with van der Waals surface area (Å²) in [6.07, 6.45) is 4.41. The number of phenolic OH excluding ortho intramolecular Hbond substituents is 1. The number of benzene rings is 3. The monoisotopic (exact) mass is 424 g/mol. The van der Waals surface area contributed by atoms with Crippen molar-refractivity contribution in [2.45, 2.75) is 12.5 Å². The van der Waals surface area contributed by atoms with Crippen molar-refractivity contribution in [3.8, 4) is 5.75 Å². The lowest BCUT2D eigenvalue weighted by atomic mass is 9.98. The molecular formula is C27H26N3O2+. The van der Waals surface area contributed by atoms with E-state index in [2.05, 4.69) is 0 Å². The van der Waals surface area contributed by atoms with Crippen molar-refractivity contribution >= 4 is 34.5 Å². The molecule has 5 N–H and O–H groups in total. The summed E-state index contributed by atoms with van der Waals surface area (Å²) in [5.74, 6) is 0.0561. The van der Waals surface area contributed by atoms with Crippen LogP contribution >= 0.6 is 0 Å². The number of carbonyl (C=O) groups is 1. The zero-order valence-corrected chi connectivity index (χ0v) is 17.9. The van der Waals surface area contributed by atoms with Crippen LogP contribution in [0.4, 0.5) is 5.69 Å². The van der Waals surface area contributed by atoms with Crippen LogP contribution in [0.15, 0.2) is 78.9 Å². The predicted octanol–water partition coefficient (Wildman–Crippen LogP) is 3.88. The van der Waals surface area contributed by atoms with E-state index in [4.69, 9.17) is 11.5 Å². The first kappa shape index (κ1) is 21.3. The number of phenols is 1. The smallest absolute Gasteiger partial charge is 0.251 e. The van der Waals surface area contributed by atoms with Crippen LogP contribution in [0.5, 0.6) is 5.75 Å². The largest absolute Gasteiger partial charge is 0.508 e. The summed E-state index contributed by atoms with van der Waals surface area (Å²) in [4.78, 5) is 13.3. The molecule has 0 aliphatic heterocycles. The molecule has 3 aromatic carbocycles. The van der Waals surface area contributed by atoms with Gasteiger partial charge in [0.05, 0.1) is 11.4 Å². The molecule has 4 aromatic rings. The van der Waals surface area contributed by atoms with Crippen molar-refractivity contribution in [3.63, 3.8) is 0 Å². The first-order chi connectivity index (χ1) is 15.4. The van der Waals surface area contributed by atoms with Gasteiger partial charge in [0.25, 0.3) is 5.69 Å². The van der Waals surface area contributed by atoms with Crippen molar-refractivity contribution in [3.05, 3.63) is 101 Å². The molecule has 0 amide bonds. The van der Waals surface area contributed by atoms with Crippen molar-refractivity contribution in [1.82, 2.24) is 0 Å². The van der Waals surface area contributed by atoms with Crippen LogP contribution in [-0.2, 0) is 13.5 Å². The maximum absolute atomic E-state index is 13.3. The van der Waals surface area contributed by atoms with E-state index in [1.54, 1.807) is 24.3 Å². The van der Waals surface area contributed by atoms with Gasteiger partial charge < -0.3 is 16.6 Å². The summed E-state index contributed by atoms with van der Waals surface area (Å²) in [6, 6.07) is 23.6. The van der Waals surface area contributed by atoms with Gasteiger partial charge in [-0.15, -0.1) is 0 Å². The van der Waals surface area contributed by atoms with Crippen LogP contribution in [0.2, 0.25) is 0 Å². The molecule has 4 rings (SSSR count). The second kappa shape index (κ2) is 9.04. The van der Waals surface area contributed by atoms with Gasteiger partial charge in [0, 0.05) is 17.8 Å². The number of anilines is 1. The molecule has 1 unspecified atom stereocenters. The summed E-state index contributed by atoms with van der Waals surface area (Å²) in [5, 5.41) is 10.5. The number of pyridine rings is 1. The Balaban J connectivity index is 1.70. The van der Waals surface area contributed by atoms with E-state index in [0.29, 0.717) is 12.1 Å². The summed E-state index contributed by atoms with van der Waals surface area (Å²) in [7, 11) is 1.89. The Kier molecular flexibility index (Phi) is 6.01. The highest BCUT2D eigenvalue weighted by molar-refractivity contribution is 6.00. The van der Waals surface area contributed by atoms with Crippen molar-refractivity contribution < 1.29 is 14.5 Å². The van der Waals surface area contributed by atoms with Gasteiger partial charge in [-0.1, -0.05) is 48.6 Å². The summed E-state index contributed by atoms with van der Waals surface area (Å²) in [6.45, 7) is 0. The van der Waals surface area contributed by atoms with Gasteiger partial charge in [0.15, 0.2) is 0 Å². The molecule has 0 radical (unpaired) electrons. The molecule has 32 heavy (non-hydrogen) atoms. The topological polar surface area (TPSA) is 93.2 Å². The highest BCUT2D eigenvalue weighted by Gasteiger charge is 2.26. The van der Waals surface area contributed by atoms with Gasteiger partial charge in [0.1, 0.15) is 12.8 Å². The second-order valence-corrected chi connectivity index (χ2v) is 7.90. The number of carbonyl (C=O) groups excluding carboxylic acids is 1. The molecule has 160 valence electrons. The number of fused-ring (bicyclic) bond motifs is 1. The van der Waals surface area contributed by atoms with E-state index < -0.39 is 6.04 Å². The molecular weight excluding hydrogens is 398 g/mol. The molecule has 0 aliphatic carbocycles. The summed E-state index contributed by atoms with van der Waals surface area (Å²) < 4.78 is 1.90. The van der Waals surface area contributed by atoms with E-state index in [1.807, 2.05) is 78.4 Å². The zero-order valence-electron chi connectivity index (χ0n) is 17.9.